The Morgan fingerprint density at radius 1 is 1.24 bits per heavy atom. The number of rotatable bonds is 3. The van der Waals surface area contributed by atoms with Gasteiger partial charge in [-0.05, 0) is 55.5 Å². The molecular formula is C14H20ClNO. The van der Waals surface area contributed by atoms with Gasteiger partial charge in [0.05, 0.1) is 6.61 Å². The van der Waals surface area contributed by atoms with Gasteiger partial charge in [0.2, 0.25) is 0 Å². The first-order chi connectivity index (χ1) is 7.92. The molecule has 1 atom stereocenters. The van der Waals surface area contributed by atoms with Crippen LogP contribution >= 0.6 is 12.4 Å². The van der Waals surface area contributed by atoms with Gasteiger partial charge in [-0.15, -0.1) is 12.4 Å². The molecule has 2 nitrogen and oxygen atoms in total. The molecule has 0 aromatic heterocycles. The summed E-state index contributed by atoms with van der Waals surface area (Å²) in [6.07, 6.45) is 5.05. The Hall–Kier alpha value is -0.730. The molecule has 0 radical (unpaired) electrons. The summed E-state index contributed by atoms with van der Waals surface area (Å²) in [5.41, 5.74) is 3.02. The third kappa shape index (κ3) is 2.93. The van der Waals surface area contributed by atoms with Gasteiger partial charge in [0.25, 0.3) is 0 Å². The van der Waals surface area contributed by atoms with Crippen LogP contribution in [0.25, 0.3) is 0 Å². The summed E-state index contributed by atoms with van der Waals surface area (Å²) in [5.74, 6) is 1.76. The van der Waals surface area contributed by atoms with E-state index >= 15 is 0 Å². The van der Waals surface area contributed by atoms with Crippen LogP contribution < -0.4 is 10.1 Å². The summed E-state index contributed by atoms with van der Waals surface area (Å²) < 4.78 is 5.88. The van der Waals surface area contributed by atoms with E-state index in [4.69, 9.17) is 4.74 Å². The highest BCUT2D eigenvalue weighted by Gasteiger charge is 2.16. The summed E-state index contributed by atoms with van der Waals surface area (Å²) in [7, 11) is 0. The van der Waals surface area contributed by atoms with Gasteiger partial charge < -0.3 is 10.1 Å². The van der Waals surface area contributed by atoms with Gasteiger partial charge in [-0.1, -0.05) is 6.07 Å². The topological polar surface area (TPSA) is 21.3 Å². The maximum absolute atomic E-state index is 5.88. The summed E-state index contributed by atoms with van der Waals surface area (Å²) in [6, 6.07) is 6.61. The van der Waals surface area contributed by atoms with Crippen LogP contribution in [0.15, 0.2) is 18.2 Å². The molecule has 0 saturated carbocycles. The molecule has 1 saturated heterocycles. The molecule has 1 aromatic rings. The highest BCUT2D eigenvalue weighted by molar-refractivity contribution is 5.85. The zero-order valence-corrected chi connectivity index (χ0v) is 10.9. The maximum atomic E-state index is 5.88. The quantitative estimate of drug-likeness (QED) is 0.894. The highest BCUT2D eigenvalue weighted by Crippen LogP contribution is 2.26. The number of nitrogens with one attached hydrogen (secondary N) is 1. The first-order valence-corrected chi connectivity index (χ1v) is 6.37. The van der Waals surface area contributed by atoms with Crippen LogP contribution in [-0.4, -0.2) is 19.7 Å². The molecule has 0 spiro atoms. The van der Waals surface area contributed by atoms with Crippen molar-refractivity contribution in [2.45, 2.75) is 25.7 Å². The third-order valence-corrected chi connectivity index (χ3v) is 3.72. The molecule has 1 N–H and O–H groups in total. The minimum Gasteiger partial charge on any atom is -0.493 e. The van der Waals surface area contributed by atoms with E-state index in [1.807, 2.05) is 0 Å². The van der Waals surface area contributed by atoms with Gasteiger partial charge in [-0.25, -0.2) is 0 Å². The van der Waals surface area contributed by atoms with E-state index in [1.54, 1.807) is 0 Å². The fraction of sp³-hybridized carbons (Fsp3) is 0.571. The van der Waals surface area contributed by atoms with Gasteiger partial charge in [0.15, 0.2) is 0 Å². The van der Waals surface area contributed by atoms with Crippen LogP contribution in [0, 0.1) is 5.92 Å². The zero-order chi connectivity index (χ0) is 10.8. The molecule has 94 valence electrons. The van der Waals surface area contributed by atoms with Gasteiger partial charge in [0, 0.05) is 12.5 Å². The molecule has 0 bridgehead atoms. The summed E-state index contributed by atoms with van der Waals surface area (Å²) in [4.78, 5) is 0. The average Bonchev–Trinajstić information content (AvgIpc) is 2.97. The van der Waals surface area contributed by atoms with E-state index in [2.05, 4.69) is 23.5 Å². The van der Waals surface area contributed by atoms with Crippen molar-refractivity contribution < 1.29 is 4.74 Å². The Bertz CT molecular complexity index is 374. The molecule has 0 amide bonds. The van der Waals surface area contributed by atoms with Gasteiger partial charge in [-0.3, -0.25) is 0 Å². The van der Waals surface area contributed by atoms with E-state index in [9.17, 15) is 0 Å². The van der Waals surface area contributed by atoms with Crippen LogP contribution in [0.3, 0.4) is 0 Å². The normalized spacial score (nSPS) is 22.0. The highest BCUT2D eigenvalue weighted by atomic mass is 35.5. The Kier molecular flexibility index (Phi) is 4.30. The largest absolute Gasteiger partial charge is 0.493 e. The van der Waals surface area contributed by atoms with Gasteiger partial charge in [0.1, 0.15) is 5.75 Å². The molecule has 1 unspecified atom stereocenters. The molecule has 2 aliphatic rings. The van der Waals surface area contributed by atoms with Crippen molar-refractivity contribution in [2.24, 2.45) is 5.92 Å². The SMILES string of the molecule is Cl.c1cc2c(cc1OCC1CCNC1)CCC2. The van der Waals surface area contributed by atoms with Crippen molar-refractivity contribution in [3.63, 3.8) is 0 Å². The van der Waals surface area contributed by atoms with Crippen molar-refractivity contribution in [2.75, 3.05) is 19.7 Å². The molecule has 1 heterocycles. The second-order valence-corrected chi connectivity index (χ2v) is 4.95. The lowest BCUT2D eigenvalue weighted by Crippen LogP contribution is -2.15. The van der Waals surface area contributed by atoms with Crippen molar-refractivity contribution >= 4 is 12.4 Å². The van der Waals surface area contributed by atoms with Crippen molar-refractivity contribution in [3.05, 3.63) is 29.3 Å². The first-order valence-electron chi connectivity index (χ1n) is 6.37. The molecule has 1 aliphatic heterocycles. The Morgan fingerprint density at radius 3 is 2.94 bits per heavy atom. The van der Waals surface area contributed by atoms with Crippen molar-refractivity contribution in [3.8, 4) is 5.75 Å². The Balaban J connectivity index is 0.00000108. The second kappa shape index (κ2) is 5.74. The minimum absolute atomic E-state index is 0. The fourth-order valence-electron chi connectivity index (χ4n) is 2.71. The molecule has 3 heteroatoms. The zero-order valence-electron chi connectivity index (χ0n) is 10.1. The molecule has 3 rings (SSSR count). The molecular weight excluding hydrogens is 234 g/mol. The molecule has 1 fully saturated rings. The van der Waals surface area contributed by atoms with Crippen LogP contribution in [-0.2, 0) is 12.8 Å². The third-order valence-electron chi connectivity index (χ3n) is 3.72. The smallest absolute Gasteiger partial charge is 0.119 e. The van der Waals surface area contributed by atoms with E-state index in [-0.39, 0.29) is 12.4 Å². The number of hydrogen-bond donors (Lipinski definition) is 1. The number of fused-ring (bicyclic) bond motifs is 1. The van der Waals surface area contributed by atoms with Crippen molar-refractivity contribution in [1.29, 1.82) is 0 Å². The maximum Gasteiger partial charge on any atom is 0.119 e. The average molecular weight is 254 g/mol. The van der Waals surface area contributed by atoms with E-state index < -0.39 is 0 Å². The second-order valence-electron chi connectivity index (χ2n) is 4.95. The fourth-order valence-corrected chi connectivity index (χ4v) is 2.71. The number of hydrogen-bond acceptors (Lipinski definition) is 2. The van der Waals surface area contributed by atoms with Gasteiger partial charge in [-0.2, -0.15) is 0 Å². The van der Waals surface area contributed by atoms with Crippen LogP contribution in [0.1, 0.15) is 24.0 Å². The van der Waals surface area contributed by atoms with E-state index in [0.717, 1.165) is 25.4 Å². The lowest BCUT2D eigenvalue weighted by Gasteiger charge is -2.11. The number of aryl methyl sites for hydroxylation is 2. The monoisotopic (exact) mass is 253 g/mol. The number of benzene rings is 1. The van der Waals surface area contributed by atoms with Crippen LogP contribution in [0.5, 0.6) is 5.75 Å². The predicted octanol–water partition coefficient (Wildman–Crippen LogP) is 2.59. The van der Waals surface area contributed by atoms with Crippen LogP contribution in [0.4, 0.5) is 0 Å². The lowest BCUT2D eigenvalue weighted by molar-refractivity contribution is 0.260. The number of halogens is 1. The molecule has 1 aromatic carbocycles. The summed E-state index contributed by atoms with van der Waals surface area (Å²) >= 11 is 0. The van der Waals surface area contributed by atoms with Crippen molar-refractivity contribution in [1.82, 2.24) is 5.32 Å². The number of ether oxygens (including phenoxy) is 1. The standard InChI is InChI=1S/C14H19NO.ClH/c1-2-12-4-5-14(8-13(12)3-1)16-10-11-6-7-15-9-11;/h4-5,8,11,15H,1-3,6-7,9-10H2;1H. The van der Waals surface area contributed by atoms with Gasteiger partial charge >= 0.3 is 0 Å². The predicted molar refractivity (Wildman–Crippen MR) is 72.2 cm³/mol. The lowest BCUT2D eigenvalue weighted by atomic mass is 10.1. The van der Waals surface area contributed by atoms with Crippen LogP contribution in [0.2, 0.25) is 0 Å². The van der Waals surface area contributed by atoms with E-state index in [0.29, 0.717) is 5.92 Å². The first kappa shape index (κ1) is 12.7. The molecule has 17 heavy (non-hydrogen) atoms. The Labute approximate surface area is 109 Å². The minimum atomic E-state index is 0. The van der Waals surface area contributed by atoms with E-state index in [1.165, 1.54) is 36.8 Å². The summed E-state index contributed by atoms with van der Waals surface area (Å²) in [5, 5.41) is 3.37. The Morgan fingerprint density at radius 2 is 2.12 bits per heavy atom. The summed E-state index contributed by atoms with van der Waals surface area (Å²) in [6.45, 7) is 3.13. The molecule has 1 aliphatic carbocycles.